The number of nitrogens with one attached hydrogen (secondary N) is 1. The zero-order valence-electron chi connectivity index (χ0n) is 10.2. The summed E-state index contributed by atoms with van der Waals surface area (Å²) in [4.78, 5) is 15.9. The van der Waals surface area contributed by atoms with Crippen LogP contribution in [-0.2, 0) is 0 Å². The van der Waals surface area contributed by atoms with Crippen LogP contribution in [-0.4, -0.2) is 24.0 Å². The van der Waals surface area contributed by atoms with Crippen molar-refractivity contribution in [2.24, 2.45) is 5.92 Å². The summed E-state index contributed by atoms with van der Waals surface area (Å²) in [6, 6.07) is 3.54. The summed E-state index contributed by atoms with van der Waals surface area (Å²) in [5.41, 5.74) is 0.470. The molecule has 88 valence electrons. The molecule has 1 unspecified atom stereocenters. The molecule has 0 spiro atoms. The maximum atomic E-state index is 11.9. The van der Waals surface area contributed by atoms with Crippen molar-refractivity contribution >= 4 is 5.91 Å². The van der Waals surface area contributed by atoms with Gasteiger partial charge in [-0.2, -0.15) is 0 Å². The summed E-state index contributed by atoms with van der Waals surface area (Å²) >= 11 is 0. The van der Waals surface area contributed by atoms with E-state index in [9.17, 15) is 4.79 Å². The molecule has 0 aliphatic rings. The van der Waals surface area contributed by atoms with Gasteiger partial charge >= 0.3 is 0 Å². The highest BCUT2D eigenvalue weighted by Gasteiger charge is 2.16. The maximum absolute atomic E-state index is 11.9. The van der Waals surface area contributed by atoms with Crippen LogP contribution in [0, 0.1) is 5.92 Å². The van der Waals surface area contributed by atoms with Gasteiger partial charge in [-0.05, 0) is 25.0 Å². The monoisotopic (exact) mass is 222 g/mol. The molecule has 1 heterocycles. The Balaban J connectivity index is 2.80. The summed E-state index contributed by atoms with van der Waals surface area (Å²) in [6.07, 6.45) is 1.60. The van der Waals surface area contributed by atoms with Gasteiger partial charge in [-0.3, -0.25) is 4.79 Å². The van der Waals surface area contributed by atoms with Crippen LogP contribution < -0.4 is 10.1 Å². The van der Waals surface area contributed by atoms with Crippen LogP contribution in [0.15, 0.2) is 18.3 Å². The second kappa shape index (κ2) is 5.49. The average molecular weight is 222 g/mol. The zero-order chi connectivity index (χ0) is 12.1. The summed E-state index contributed by atoms with van der Waals surface area (Å²) < 4.78 is 5.04. The molecule has 1 amide bonds. The molecule has 0 radical (unpaired) electrons. The Morgan fingerprint density at radius 1 is 1.44 bits per heavy atom. The van der Waals surface area contributed by atoms with Gasteiger partial charge < -0.3 is 10.1 Å². The molecule has 0 aliphatic carbocycles. The Hall–Kier alpha value is -1.58. The quantitative estimate of drug-likeness (QED) is 0.846. The molecule has 1 aromatic heterocycles. The fraction of sp³-hybridized carbons (Fsp3) is 0.500. The van der Waals surface area contributed by atoms with E-state index in [1.54, 1.807) is 18.3 Å². The Bertz CT molecular complexity index is 364. The van der Waals surface area contributed by atoms with Crippen molar-refractivity contribution < 1.29 is 9.53 Å². The van der Waals surface area contributed by atoms with Crippen molar-refractivity contribution in [3.05, 3.63) is 23.9 Å². The number of carbonyl (C=O) groups is 1. The Morgan fingerprint density at radius 2 is 2.12 bits per heavy atom. The van der Waals surface area contributed by atoms with Gasteiger partial charge in [0, 0.05) is 12.2 Å². The first-order valence-corrected chi connectivity index (χ1v) is 5.36. The Kier molecular flexibility index (Phi) is 4.28. The number of methoxy groups -OCH3 is 1. The van der Waals surface area contributed by atoms with E-state index in [0.717, 1.165) is 0 Å². The zero-order valence-corrected chi connectivity index (χ0v) is 10.2. The van der Waals surface area contributed by atoms with Crippen LogP contribution >= 0.6 is 0 Å². The number of pyridine rings is 1. The molecular formula is C12H18N2O2. The van der Waals surface area contributed by atoms with Gasteiger partial charge in [-0.25, -0.2) is 4.98 Å². The highest BCUT2D eigenvalue weighted by molar-refractivity contribution is 5.96. The summed E-state index contributed by atoms with van der Waals surface area (Å²) in [5.74, 6) is 0.605. The number of ether oxygens (including phenoxy) is 1. The third-order valence-corrected chi connectivity index (χ3v) is 2.57. The van der Waals surface area contributed by atoms with Crippen molar-refractivity contribution in [3.8, 4) is 5.88 Å². The van der Waals surface area contributed by atoms with Gasteiger partial charge in [0.2, 0.25) is 5.88 Å². The minimum Gasteiger partial charge on any atom is -0.480 e. The second-order valence-corrected chi connectivity index (χ2v) is 4.07. The van der Waals surface area contributed by atoms with E-state index < -0.39 is 0 Å². The van der Waals surface area contributed by atoms with Crippen molar-refractivity contribution in [1.29, 1.82) is 0 Å². The van der Waals surface area contributed by atoms with Gasteiger partial charge in [-0.15, -0.1) is 0 Å². The lowest BCUT2D eigenvalue weighted by Crippen LogP contribution is -2.36. The first kappa shape index (κ1) is 12.5. The first-order valence-electron chi connectivity index (χ1n) is 5.36. The molecular weight excluding hydrogens is 204 g/mol. The molecule has 0 fully saturated rings. The maximum Gasteiger partial charge on any atom is 0.256 e. The average Bonchev–Trinajstić information content (AvgIpc) is 2.28. The Labute approximate surface area is 96.0 Å². The molecule has 0 aliphatic heterocycles. The third-order valence-electron chi connectivity index (χ3n) is 2.57. The molecule has 4 heteroatoms. The molecule has 1 N–H and O–H groups in total. The van der Waals surface area contributed by atoms with Crippen LogP contribution in [0.25, 0.3) is 0 Å². The van der Waals surface area contributed by atoms with E-state index in [2.05, 4.69) is 24.1 Å². The smallest absolute Gasteiger partial charge is 0.256 e. The highest BCUT2D eigenvalue weighted by atomic mass is 16.5. The summed E-state index contributed by atoms with van der Waals surface area (Å²) in [7, 11) is 1.50. The van der Waals surface area contributed by atoms with E-state index in [-0.39, 0.29) is 11.9 Å². The number of hydrogen-bond donors (Lipinski definition) is 1. The second-order valence-electron chi connectivity index (χ2n) is 4.07. The number of nitrogens with zero attached hydrogens (tertiary/aromatic N) is 1. The first-order chi connectivity index (χ1) is 7.56. The van der Waals surface area contributed by atoms with Gasteiger partial charge in [0.1, 0.15) is 5.56 Å². The molecule has 0 saturated carbocycles. The third kappa shape index (κ3) is 2.95. The fourth-order valence-corrected chi connectivity index (χ4v) is 1.18. The van der Waals surface area contributed by atoms with Gasteiger partial charge in [-0.1, -0.05) is 13.8 Å². The molecule has 0 saturated heterocycles. The predicted octanol–water partition coefficient (Wildman–Crippen LogP) is 1.86. The van der Waals surface area contributed by atoms with Gasteiger partial charge in [0.15, 0.2) is 0 Å². The van der Waals surface area contributed by atoms with Crippen molar-refractivity contribution in [2.75, 3.05) is 7.11 Å². The predicted molar refractivity (Wildman–Crippen MR) is 62.6 cm³/mol. The van der Waals surface area contributed by atoms with E-state index in [0.29, 0.717) is 17.4 Å². The standard InChI is InChI=1S/C12H18N2O2/c1-8(2)9(3)14-11(15)10-6-5-7-13-12(10)16-4/h5-9H,1-4H3,(H,14,15). The number of hydrogen-bond acceptors (Lipinski definition) is 3. The van der Waals surface area contributed by atoms with Gasteiger partial charge in [0.05, 0.1) is 7.11 Å². The minimum absolute atomic E-state index is 0.123. The van der Waals surface area contributed by atoms with Gasteiger partial charge in [0.25, 0.3) is 5.91 Å². The Morgan fingerprint density at radius 3 is 2.69 bits per heavy atom. The molecule has 1 rings (SSSR count). The lowest BCUT2D eigenvalue weighted by molar-refractivity contribution is 0.0926. The molecule has 4 nitrogen and oxygen atoms in total. The van der Waals surface area contributed by atoms with Crippen LogP contribution in [0.4, 0.5) is 0 Å². The number of amides is 1. The minimum atomic E-state index is -0.147. The molecule has 0 bridgehead atoms. The van der Waals surface area contributed by atoms with E-state index in [1.165, 1.54) is 7.11 Å². The molecule has 1 aromatic rings. The lowest BCUT2D eigenvalue weighted by atomic mass is 10.1. The largest absolute Gasteiger partial charge is 0.480 e. The van der Waals surface area contributed by atoms with Crippen molar-refractivity contribution in [3.63, 3.8) is 0 Å². The SMILES string of the molecule is COc1ncccc1C(=O)NC(C)C(C)C. The number of aromatic nitrogens is 1. The molecule has 0 aromatic carbocycles. The van der Waals surface area contributed by atoms with E-state index >= 15 is 0 Å². The van der Waals surface area contributed by atoms with Crippen LogP contribution in [0.1, 0.15) is 31.1 Å². The van der Waals surface area contributed by atoms with E-state index in [4.69, 9.17) is 4.74 Å². The van der Waals surface area contributed by atoms with Crippen molar-refractivity contribution in [2.45, 2.75) is 26.8 Å². The number of carbonyl (C=O) groups excluding carboxylic acids is 1. The summed E-state index contributed by atoms with van der Waals surface area (Å²) in [5, 5.41) is 2.91. The van der Waals surface area contributed by atoms with E-state index in [1.807, 2.05) is 6.92 Å². The normalized spacial score (nSPS) is 12.3. The highest BCUT2D eigenvalue weighted by Crippen LogP contribution is 2.14. The molecule has 16 heavy (non-hydrogen) atoms. The van der Waals surface area contributed by atoms with Crippen molar-refractivity contribution in [1.82, 2.24) is 10.3 Å². The lowest BCUT2D eigenvalue weighted by Gasteiger charge is -2.17. The fourth-order valence-electron chi connectivity index (χ4n) is 1.18. The number of rotatable bonds is 4. The topological polar surface area (TPSA) is 51.2 Å². The van der Waals surface area contributed by atoms with Crippen LogP contribution in [0.5, 0.6) is 5.88 Å². The molecule has 1 atom stereocenters. The van der Waals surface area contributed by atoms with Crippen LogP contribution in [0.3, 0.4) is 0 Å². The van der Waals surface area contributed by atoms with Crippen LogP contribution in [0.2, 0.25) is 0 Å². The summed E-state index contributed by atoms with van der Waals surface area (Å²) in [6.45, 7) is 6.10.